The molecule has 1 nitrogen and oxygen atoms in total. The van der Waals surface area contributed by atoms with Crippen molar-refractivity contribution in [1.29, 1.82) is 0 Å². The number of rotatable bonds is 7. The van der Waals surface area contributed by atoms with Gasteiger partial charge >= 0.3 is 0 Å². The van der Waals surface area contributed by atoms with Gasteiger partial charge in [0, 0.05) is 0 Å². The van der Waals surface area contributed by atoms with Crippen LogP contribution in [0.2, 0.25) is 0 Å². The Balaban J connectivity index is 2.07. The smallest absolute Gasteiger partial charge is 0.105 e. The van der Waals surface area contributed by atoms with Crippen molar-refractivity contribution in [2.75, 3.05) is 6.61 Å². The minimum Gasteiger partial charge on any atom is -0.498 e. The van der Waals surface area contributed by atoms with E-state index >= 15 is 0 Å². The second-order valence-corrected chi connectivity index (χ2v) is 3.35. The Hall–Kier alpha value is -1.50. The second kappa shape index (κ2) is 7.86. The van der Waals surface area contributed by atoms with Crippen LogP contribution in [0.3, 0.4) is 0 Å². The van der Waals surface area contributed by atoms with Gasteiger partial charge in [0.15, 0.2) is 0 Å². The first-order valence-corrected chi connectivity index (χ1v) is 5.35. The quantitative estimate of drug-likeness (QED) is 0.372. The normalized spacial score (nSPS) is 10.4. The zero-order chi connectivity index (χ0) is 10.8. The van der Waals surface area contributed by atoms with Gasteiger partial charge in [-0.25, -0.2) is 0 Å². The summed E-state index contributed by atoms with van der Waals surface area (Å²) in [5, 5.41) is 0. The summed E-state index contributed by atoms with van der Waals surface area (Å²) in [5.74, 6) is 0. The lowest BCUT2D eigenvalue weighted by molar-refractivity contribution is 0.291. The highest BCUT2D eigenvalue weighted by Crippen LogP contribution is 2.04. The fourth-order valence-electron chi connectivity index (χ4n) is 1.38. The van der Waals surface area contributed by atoms with Crippen molar-refractivity contribution in [2.45, 2.75) is 19.3 Å². The molecule has 15 heavy (non-hydrogen) atoms. The minimum atomic E-state index is 0.634. The van der Waals surface area contributed by atoms with Gasteiger partial charge in [-0.05, 0) is 24.8 Å². The Kier molecular flexibility index (Phi) is 6.07. The van der Waals surface area contributed by atoms with Crippen LogP contribution >= 0.6 is 0 Å². The first kappa shape index (κ1) is 11.6. The van der Waals surface area contributed by atoms with Crippen molar-refractivity contribution in [3.8, 4) is 0 Å². The molecule has 0 saturated heterocycles. The molecule has 0 spiro atoms. The third kappa shape index (κ3) is 5.74. The largest absolute Gasteiger partial charge is 0.498 e. The summed E-state index contributed by atoms with van der Waals surface area (Å²) in [6, 6.07) is 10.6. The van der Waals surface area contributed by atoms with Gasteiger partial charge in [-0.3, -0.25) is 0 Å². The van der Waals surface area contributed by atoms with Crippen LogP contribution in [-0.4, -0.2) is 6.61 Å². The van der Waals surface area contributed by atoms with Gasteiger partial charge in [0.25, 0.3) is 0 Å². The molecule has 1 aromatic carbocycles. The third-order valence-electron chi connectivity index (χ3n) is 2.16. The van der Waals surface area contributed by atoms with Crippen LogP contribution in [0.15, 0.2) is 55.3 Å². The van der Waals surface area contributed by atoms with Gasteiger partial charge in [0.2, 0.25) is 0 Å². The fraction of sp³-hybridized carbons (Fsp3) is 0.286. The number of benzene rings is 1. The predicted molar refractivity (Wildman–Crippen MR) is 64.7 cm³/mol. The van der Waals surface area contributed by atoms with E-state index < -0.39 is 0 Å². The van der Waals surface area contributed by atoms with E-state index in [4.69, 9.17) is 4.74 Å². The topological polar surface area (TPSA) is 9.23 Å². The molecule has 1 heteroatoms. The van der Waals surface area contributed by atoms with E-state index in [1.54, 1.807) is 0 Å². The molecule has 1 aromatic rings. The van der Waals surface area contributed by atoms with Gasteiger partial charge in [0.1, 0.15) is 6.61 Å². The number of allylic oxidation sites excluding steroid dienone is 1. The zero-order valence-corrected chi connectivity index (χ0v) is 9.06. The van der Waals surface area contributed by atoms with Crippen LogP contribution in [0.4, 0.5) is 0 Å². The summed E-state index contributed by atoms with van der Waals surface area (Å²) in [6.45, 7) is 4.11. The van der Waals surface area contributed by atoms with Crippen molar-refractivity contribution in [3.05, 3.63) is 60.9 Å². The Labute approximate surface area is 92.1 Å². The highest BCUT2D eigenvalue weighted by atomic mass is 16.5. The lowest BCUT2D eigenvalue weighted by atomic mass is 10.1. The van der Waals surface area contributed by atoms with Gasteiger partial charge in [-0.2, -0.15) is 0 Å². The molecule has 0 saturated carbocycles. The van der Waals surface area contributed by atoms with Crippen LogP contribution in [0.1, 0.15) is 18.4 Å². The average Bonchev–Trinajstić information content (AvgIpc) is 2.29. The van der Waals surface area contributed by atoms with Gasteiger partial charge in [-0.15, -0.1) is 0 Å². The van der Waals surface area contributed by atoms with Gasteiger partial charge in [0.05, 0.1) is 6.26 Å². The van der Waals surface area contributed by atoms with Crippen LogP contribution < -0.4 is 0 Å². The summed E-state index contributed by atoms with van der Waals surface area (Å²) in [5.41, 5.74) is 1.41. The highest BCUT2D eigenvalue weighted by Gasteiger charge is 1.89. The molecule has 0 aliphatic rings. The van der Waals surface area contributed by atoms with Crippen molar-refractivity contribution in [2.24, 2.45) is 0 Å². The number of unbranched alkanes of at least 4 members (excludes halogenated alkanes) is 1. The second-order valence-electron chi connectivity index (χ2n) is 3.35. The molecular weight excluding hydrogens is 184 g/mol. The summed E-state index contributed by atoms with van der Waals surface area (Å²) >= 11 is 0. The van der Waals surface area contributed by atoms with Crippen molar-refractivity contribution >= 4 is 0 Å². The zero-order valence-electron chi connectivity index (χ0n) is 9.06. The highest BCUT2D eigenvalue weighted by molar-refractivity contribution is 5.14. The molecule has 0 N–H and O–H groups in total. The van der Waals surface area contributed by atoms with E-state index in [1.165, 1.54) is 18.2 Å². The maximum atomic E-state index is 4.98. The van der Waals surface area contributed by atoms with Crippen molar-refractivity contribution in [3.63, 3.8) is 0 Å². The number of hydrogen-bond donors (Lipinski definition) is 0. The molecule has 0 unspecified atom stereocenters. The maximum Gasteiger partial charge on any atom is 0.105 e. The molecule has 0 aliphatic heterocycles. The van der Waals surface area contributed by atoms with Crippen molar-refractivity contribution in [1.82, 2.24) is 0 Å². The van der Waals surface area contributed by atoms with Gasteiger partial charge < -0.3 is 4.74 Å². The van der Waals surface area contributed by atoms with Crippen LogP contribution in [0, 0.1) is 0 Å². The Bertz CT molecular complexity index is 287. The number of ether oxygens (including phenoxy) is 1. The molecule has 80 valence electrons. The summed E-state index contributed by atoms with van der Waals surface area (Å²) in [4.78, 5) is 0. The van der Waals surface area contributed by atoms with E-state index in [1.807, 2.05) is 6.08 Å². The number of hydrogen-bond acceptors (Lipinski definition) is 1. The fourth-order valence-corrected chi connectivity index (χ4v) is 1.38. The van der Waals surface area contributed by atoms with Gasteiger partial charge in [-0.1, -0.05) is 49.1 Å². The Morgan fingerprint density at radius 2 is 1.93 bits per heavy atom. The summed E-state index contributed by atoms with van der Waals surface area (Å²) < 4.78 is 4.98. The van der Waals surface area contributed by atoms with E-state index in [0.29, 0.717) is 6.61 Å². The minimum absolute atomic E-state index is 0.634. The Morgan fingerprint density at radius 3 is 2.67 bits per heavy atom. The molecule has 0 amide bonds. The summed E-state index contributed by atoms with van der Waals surface area (Å²) in [7, 11) is 0. The van der Waals surface area contributed by atoms with E-state index in [-0.39, 0.29) is 0 Å². The monoisotopic (exact) mass is 202 g/mol. The molecule has 0 atom stereocenters. The molecule has 0 aliphatic carbocycles. The molecule has 1 rings (SSSR count). The van der Waals surface area contributed by atoms with E-state index in [9.17, 15) is 0 Å². The van der Waals surface area contributed by atoms with E-state index in [0.717, 1.165) is 12.8 Å². The summed E-state index contributed by atoms with van der Waals surface area (Å²) in [6.07, 6.45) is 9.10. The predicted octanol–water partition coefficient (Wildman–Crippen LogP) is 3.73. The van der Waals surface area contributed by atoms with Crippen LogP contribution in [-0.2, 0) is 11.2 Å². The first-order valence-electron chi connectivity index (χ1n) is 5.35. The van der Waals surface area contributed by atoms with E-state index in [2.05, 4.69) is 43.0 Å². The molecular formula is C14H18O. The Morgan fingerprint density at radius 1 is 1.13 bits per heavy atom. The standard InChI is InChI=1S/C14H18O/c1-2-15-13-9-4-3-6-10-14-11-7-5-8-12-14/h2,4-5,7-9,11-12H,1,3,6,10,13H2/b9-4+. The molecule has 0 aromatic heterocycles. The molecule has 0 fully saturated rings. The number of aryl methyl sites for hydroxylation is 1. The molecule has 0 radical (unpaired) electrons. The SMILES string of the molecule is C=COC/C=C/CCCc1ccccc1. The third-order valence-corrected chi connectivity index (χ3v) is 2.16. The maximum absolute atomic E-state index is 4.98. The first-order chi connectivity index (χ1) is 7.43. The van der Waals surface area contributed by atoms with Crippen molar-refractivity contribution < 1.29 is 4.74 Å². The van der Waals surface area contributed by atoms with Crippen LogP contribution in [0.5, 0.6) is 0 Å². The van der Waals surface area contributed by atoms with Crippen LogP contribution in [0.25, 0.3) is 0 Å². The molecule has 0 bridgehead atoms. The average molecular weight is 202 g/mol. The lowest BCUT2D eigenvalue weighted by Gasteiger charge is -1.98. The lowest BCUT2D eigenvalue weighted by Crippen LogP contribution is -1.84. The molecule has 0 heterocycles.